The number of hydrogen-bond acceptors (Lipinski definition) is 2. The van der Waals surface area contributed by atoms with Gasteiger partial charge in [0.2, 0.25) is 0 Å². The first-order valence-corrected chi connectivity index (χ1v) is 5.96. The fourth-order valence-electron chi connectivity index (χ4n) is 1.28. The van der Waals surface area contributed by atoms with E-state index < -0.39 is 10.0 Å². The van der Waals surface area contributed by atoms with Gasteiger partial charge >= 0.3 is 51.4 Å². The molecule has 0 aliphatic rings. The third kappa shape index (κ3) is 5.58. The number of sulfonamides is 1. The molecule has 0 radical (unpaired) electrons. The number of hydrogen-bond donors (Lipinski definition) is 0. The summed E-state index contributed by atoms with van der Waals surface area (Å²) < 4.78 is 21.7. The summed E-state index contributed by atoms with van der Waals surface area (Å²) in [5.74, 6) is 0.549. The second-order valence-electron chi connectivity index (χ2n) is 3.75. The van der Waals surface area contributed by atoms with Crippen molar-refractivity contribution in [3.63, 3.8) is 0 Å². The molecule has 3 nitrogen and oxygen atoms in total. The predicted molar refractivity (Wildman–Crippen MR) is 56.5 cm³/mol. The maximum Gasteiger partial charge on any atom is 1.00 e. The molecule has 0 saturated carbocycles. The molecule has 0 heterocycles. The number of rotatable bonds is 3. The molecule has 0 atom stereocenters. The summed E-state index contributed by atoms with van der Waals surface area (Å²) in [4.78, 5) is 0.0602. The fourth-order valence-corrected chi connectivity index (χ4v) is 1.77. The Kier molecular flexibility index (Phi) is 6.82. The van der Waals surface area contributed by atoms with Crippen LogP contribution in [0.4, 0.5) is 0 Å². The summed E-state index contributed by atoms with van der Waals surface area (Å²) in [7, 11) is -3.80. The van der Waals surface area contributed by atoms with Gasteiger partial charge in [-0.05, 0) is 30.0 Å². The van der Waals surface area contributed by atoms with Crippen molar-refractivity contribution in [3.8, 4) is 0 Å². The Labute approximate surface area is 134 Å². The van der Waals surface area contributed by atoms with Crippen molar-refractivity contribution in [2.24, 2.45) is 5.92 Å². The topological polar surface area (TPSA) is 57.9 Å². The van der Waals surface area contributed by atoms with E-state index in [0.29, 0.717) is 5.92 Å². The summed E-state index contributed by atoms with van der Waals surface area (Å²) in [6, 6.07) is 6.50. The Bertz CT molecular complexity index is 398. The van der Waals surface area contributed by atoms with Crippen LogP contribution >= 0.6 is 0 Å². The maximum atomic E-state index is 10.8. The first kappa shape index (κ1) is 15.8. The van der Waals surface area contributed by atoms with Crippen molar-refractivity contribution in [3.05, 3.63) is 35.0 Å². The zero-order chi connectivity index (χ0) is 10.8. The third-order valence-corrected chi connectivity index (χ3v) is 2.77. The molecular weight excluding hydrogens is 237 g/mol. The molecule has 78 valence electrons. The molecule has 0 amide bonds. The summed E-state index contributed by atoms with van der Waals surface area (Å²) in [6.07, 6.45) is 0.929. The molecule has 15 heavy (non-hydrogen) atoms. The van der Waals surface area contributed by atoms with Crippen molar-refractivity contribution in [2.45, 2.75) is 25.2 Å². The monoisotopic (exact) mass is 251 g/mol. The molecule has 0 bridgehead atoms. The molecule has 0 unspecified atom stereocenters. The van der Waals surface area contributed by atoms with Gasteiger partial charge in [-0.15, -0.1) is 0 Å². The normalized spacial score (nSPS) is 11.2. The average molecular weight is 251 g/mol. The molecular formula is C10H14KNO2S. The first-order chi connectivity index (χ1) is 6.39. The number of nitrogens with one attached hydrogen (secondary N) is 1. The summed E-state index contributed by atoms with van der Waals surface area (Å²) >= 11 is 0. The zero-order valence-electron chi connectivity index (χ0n) is 9.32. The fraction of sp³-hybridized carbons (Fsp3) is 0.400. The van der Waals surface area contributed by atoms with Gasteiger partial charge in [0.1, 0.15) is 0 Å². The molecule has 0 spiro atoms. The molecule has 0 aromatic heterocycles. The maximum absolute atomic E-state index is 10.8. The molecule has 5 heteroatoms. The quantitative estimate of drug-likeness (QED) is 0.688. The molecule has 1 N–H and O–H groups in total. The van der Waals surface area contributed by atoms with E-state index in [2.05, 4.69) is 13.8 Å². The van der Waals surface area contributed by atoms with E-state index in [4.69, 9.17) is 5.14 Å². The Morgan fingerprint density at radius 2 is 1.67 bits per heavy atom. The smallest absolute Gasteiger partial charge is 0.560 e. The van der Waals surface area contributed by atoms with Crippen LogP contribution in [0.3, 0.4) is 0 Å². The van der Waals surface area contributed by atoms with Crippen molar-refractivity contribution in [2.75, 3.05) is 0 Å². The van der Waals surface area contributed by atoms with Crippen LogP contribution in [-0.4, -0.2) is 8.42 Å². The molecule has 0 saturated heterocycles. The second kappa shape index (κ2) is 6.49. The minimum Gasteiger partial charge on any atom is -0.560 e. The van der Waals surface area contributed by atoms with Crippen LogP contribution in [0.15, 0.2) is 29.2 Å². The molecule has 0 aliphatic heterocycles. The summed E-state index contributed by atoms with van der Waals surface area (Å²) in [6.45, 7) is 4.21. The van der Waals surface area contributed by atoms with Crippen LogP contribution in [0.1, 0.15) is 19.4 Å². The molecule has 1 rings (SSSR count). The van der Waals surface area contributed by atoms with E-state index in [1.54, 1.807) is 12.1 Å². The van der Waals surface area contributed by atoms with Crippen molar-refractivity contribution < 1.29 is 59.8 Å². The van der Waals surface area contributed by atoms with Crippen molar-refractivity contribution >= 4 is 10.0 Å². The zero-order valence-corrected chi connectivity index (χ0v) is 13.3. The van der Waals surface area contributed by atoms with Gasteiger partial charge in [0.15, 0.2) is 0 Å². The standard InChI is InChI=1S/C10H14NO2S.K/c1-8(2)7-9-3-5-10(6-4-9)14(11,12)13;/h3-6,8H,7H2,1-2H3,(H-,11,12,13);/q-1;+1. The van der Waals surface area contributed by atoms with E-state index >= 15 is 0 Å². The van der Waals surface area contributed by atoms with E-state index in [-0.39, 0.29) is 56.3 Å². The summed E-state index contributed by atoms with van der Waals surface area (Å²) in [5, 5.41) is 6.86. The Hall–Kier alpha value is 0.766. The number of benzene rings is 1. The SMILES string of the molecule is CC(C)Cc1ccc(S([NH-])(=O)=O)cc1.[K+]. The van der Waals surface area contributed by atoms with E-state index in [1.807, 2.05) is 0 Å². The molecule has 0 fully saturated rings. The molecule has 1 aromatic rings. The van der Waals surface area contributed by atoms with Crippen molar-refractivity contribution in [1.82, 2.24) is 0 Å². The van der Waals surface area contributed by atoms with Gasteiger partial charge in [0, 0.05) is 4.90 Å². The van der Waals surface area contributed by atoms with Crippen LogP contribution < -0.4 is 51.4 Å². The van der Waals surface area contributed by atoms with Gasteiger partial charge in [-0.25, -0.2) is 8.42 Å². The third-order valence-electron chi connectivity index (χ3n) is 1.88. The second-order valence-corrected chi connectivity index (χ2v) is 5.22. The Balaban J connectivity index is 0.00000196. The van der Waals surface area contributed by atoms with E-state index in [0.717, 1.165) is 12.0 Å². The Morgan fingerprint density at radius 3 is 2.00 bits per heavy atom. The van der Waals surface area contributed by atoms with Gasteiger partial charge in [-0.3, -0.25) is 0 Å². The largest absolute Gasteiger partial charge is 1.00 e. The van der Waals surface area contributed by atoms with Gasteiger partial charge < -0.3 is 5.14 Å². The van der Waals surface area contributed by atoms with E-state index in [1.165, 1.54) is 12.1 Å². The van der Waals surface area contributed by atoms with Crippen LogP contribution in [0.25, 0.3) is 5.14 Å². The first-order valence-electron chi connectivity index (χ1n) is 4.48. The van der Waals surface area contributed by atoms with Gasteiger partial charge in [-0.2, -0.15) is 0 Å². The molecule has 0 aliphatic carbocycles. The molecule has 1 aromatic carbocycles. The Morgan fingerprint density at radius 1 is 1.20 bits per heavy atom. The summed E-state index contributed by atoms with van der Waals surface area (Å²) in [5.41, 5.74) is 1.10. The van der Waals surface area contributed by atoms with Gasteiger partial charge in [0.25, 0.3) is 0 Å². The predicted octanol–water partition coefficient (Wildman–Crippen LogP) is -0.370. The van der Waals surface area contributed by atoms with Crippen LogP contribution in [0.2, 0.25) is 0 Å². The van der Waals surface area contributed by atoms with Crippen LogP contribution in [-0.2, 0) is 16.4 Å². The van der Waals surface area contributed by atoms with Crippen LogP contribution in [0.5, 0.6) is 0 Å². The van der Waals surface area contributed by atoms with Gasteiger partial charge in [0.05, 0.1) is 10.0 Å². The minimum absolute atomic E-state index is 0. The van der Waals surface area contributed by atoms with Crippen molar-refractivity contribution in [1.29, 1.82) is 0 Å². The van der Waals surface area contributed by atoms with Crippen LogP contribution in [0, 0.1) is 5.92 Å². The van der Waals surface area contributed by atoms with E-state index in [9.17, 15) is 8.42 Å². The minimum atomic E-state index is -3.80. The average Bonchev–Trinajstić information content (AvgIpc) is 2.02. The van der Waals surface area contributed by atoms with Gasteiger partial charge in [-0.1, -0.05) is 26.0 Å².